The zero-order valence-electron chi connectivity index (χ0n) is 20.3. The van der Waals surface area contributed by atoms with Gasteiger partial charge in [0.15, 0.2) is 5.82 Å². The SMILES string of the molecule is C/C=C(/c1nc(N)c2c(C3CCC3)cncc2n1)c1cc(C)[nH]c1NC.CCCCCC. The second kappa shape index (κ2) is 11.1. The molecule has 32 heavy (non-hydrogen) atoms. The summed E-state index contributed by atoms with van der Waals surface area (Å²) in [6, 6.07) is 2.09. The fourth-order valence-electron chi connectivity index (χ4n) is 4.19. The molecule has 1 fully saturated rings. The molecule has 0 amide bonds. The number of H-pyrrole nitrogens is 1. The number of nitrogens with two attached hydrogens (primary N) is 1. The van der Waals surface area contributed by atoms with Crippen molar-refractivity contribution in [2.45, 2.75) is 78.6 Å². The molecular weight excluding hydrogens is 396 g/mol. The number of aromatic nitrogens is 4. The minimum atomic E-state index is 0.534. The first kappa shape index (κ1) is 23.8. The molecule has 0 aliphatic heterocycles. The van der Waals surface area contributed by atoms with Crippen molar-refractivity contribution in [2.75, 3.05) is 18.1 Å². The highest BCUT2D eigenvalue weighted by molar-refractivity contribution is 5.93. The average Bonchev–Trinajstić information content (AvgIpc) is 3.12. The highest BCUT2D eigenvalue weighted by atomic mass is 15.0. The number of aryl methyl sites for hydroxylation is 1. The molecule has 172 valence electrons. The predicted molar refractivity (Wildman–Crippen MR) is 136 cm³/mol. The average molecular weight is 435 g/mol. The largest absolute Gasteiger partial charge is 0.383 e. The van der Waals surface area contributed by atoms with Crippen LogP contribution in [0.15, 0.2) is 24.5 Å². The highest BCUT2D eigenvalue weighted by Crippen LogP contribution is 2.40. The van der Waals surface area contributed by atoms with Gasteiger partial charge in [0.25, 0.3) is 0 Å². The van der Waals surface area contributed by atoms with E-state index in [1.807, 2.05) is 33.2 Å². The molecule has 0 spiro atoms. The van der Waals surface area contributed by atoms with Crippen LogP contribution >= 0.6 is 0 Å². The third-order valence-corrected chi connectivity index (χ3v) is 6.19. The lowest BCUT2D eigenvalue weighted by molar-refractivity contribution is 0.421. The van der Waals surface area contributed by atoms with Crippen LogP contribution in [0.25, 0.3) is 16.5 Å². The fourth-order valence-corrected chi connectivity index (χ4v) is 4.19. The van der Waals surface area contributed by atoms with Crippen LogP contribution in [-0.4, -0.2) is 27.0 Å². The van der Waals surface area contributed by atoms with Crippen molar-refractivity contribution in [1.29, 1.82) is 0 Å². The molecule has 1 saturated carbocycles. The molecule has 6 nitrogen and oxygen atoms in total. The van der Waals surface area contributed by atoms with Crippen LogP contribution in [0.3, 0.4) is 0 Å². The minimum Gasteiger partial charge on any atom is -0.383 e. The Morgan fingerprint density at radius 3 is 2.47 bits per heavy atom. The van der Waals surface area contributed by atoms with Crippen LogP contribution in [-0.2, 0) is 0 Å². The maximum atomic E-state index is 6.39. The third kappa shape index (κ3) is 5.12. The number of hydrogen-bond donors (Lipinski definition) is 3. The van der Waals surface area contributed by atoms with Gasteiger partial charge in [-0.2, -0.15) is 0 Å². The molecule has 4 rings (SSSR count). The van der Waals surface area contributed by atoms with Crippen LogP contribution in [0, 0.1) is 6.92 Å². The standard InChI is InChI=1S/C20H24N6.C6H14/c1-4-13(14-8-11(2)24-19(14)22-3)20-25-16-10-23-9-15(12-6-5-7-12)17(16)18(21)26-20;1-3-5-6-4-2/h4,8-10,12,22,24H,5-7H2,1-3H3,(H2,21,25,26);3-6H2,1-2H3/b13-4+;. The summed E-state index contributed by atoms with van der Waals surface area (Å²) in [5, 5.41) is 4.16. The van der Waals surface area contributed by atoms with Gasteiger partial charge in [-0.15, -0.1) is 0 Å². The number of unbranched alkanes of at least 4 members (excludes halogenated alkanes) is 3. The summed E-state index contributed by atoms with van der Waals surface area (Å²) in [6.07, 6.45) is 14.9. The Morgan fingerprint density at radius 1 is 1.19 bits per heavy atom. The smallest absolute Gasteiger partial charge is 0.162 e. The fraction of sp³-hybridized carbons (Fsp3) is 0.500. The Kier molecular flexibility index (Phi) is 8.26. The van der Waals surface area contributed by atoms with Crippen molar-refractivity contribution < 1.29 is 0 Å². The van der Waals surface area contributed by atoms with Crippen LogP contribution in [0.5, 0.6) is 0 Å². The van der Waals surface area contributed by atoms with Crippen molar-refractivity contribution >= 4 is 28.1 Å². The topological polar surface area (TPSA) is 92.5 Å². The van der Waals surface area contributed by atoms with Crippen molar-refractivity contribution in [1.82, 2.24) is 19.9 Å². The van der Waals surface area contributed by atoms with Gasteiger partial charge in [-0.05, 0) is 44.2 Å². The zero-order valence-corrected chi connectivity index (χ0v) is 20.3. The van der Waals surface area contributed by atoms with E-state index in [0.29, 0.717) is 17.6 Å². The van der Waals surface area contributed by atoms with E-state index in [1.54, 1.807) is 6.20 Å². The number of nitrogen functional groups attached to an aromatic ring is 1. The first-order chi connectivity index (χ1) is 15.5. The van der Waals surface area contributed by atoms with Gasteiger partial charge >= 0.3 is 0 Å². The van der Waals surface area contributed by atoms with Crippen LogP contribution < -0.4 is 11.1 Å². The van der Waals surface area contributed by atoms with E-state index in [0.717, 1.165) is 33.6 Å². The first-order valence-electron chi connectivity index (χ1n) is 12.0. The third-order valence-electron chi connectivity index (χ3n) is 6.19. The number of anilines is 2. The highest BCUT2D eigenvalue weighted by Gasteiger charge is 2.24. The number of rotatable bonds is 7. The molecule has 0 saturated heterocycles. The molecule has 0 aromatic carbocycles. The molecule has 0 bridgehead atoms. The molecule has 6 heteroatoms. The van der Waals surface area contributed by atoms with Gasteiger partial charge in [0.1, 0.15) is 11.6 Å². The molecule has 0 unspecified atom stereocenters. The Labute approximate surface area is 192 Å². The van der Waals surface area contributed by atoms with Crippen molar-refractivity contribution in [3.8, 4) is 0 Å². The summed E-state index contributed by atoms with van der Waals surface area (Å²) in [7, 11) is 1.90. The molecule has 3 aromatic heterocycles. The number of nitrogens with one attached hydrogen (secondary N) is 2. The van der Waals surface area contributed by atoms with Crippen molar-refractivity contribution in [3.63, 3.8) is 0 Å². The van der Waals surface area contributed by atoms with E-state index < -0.39 is 0 Å². The maximum Gasteiger partial charge on any atom is 0.162 e. The summed E-state index contributed by atoms with van der Waals surface area (Å²) < 4.78 is 0. The second-order valence-corrected chi connectivity index (χ2v) is 8.58. The number of fused-ring (bicyclic) bond motifs is 1. The van der Waals surface area contributed by atoms with Gasteiger partial charge in [-0.3, -0.25) is 4.98 Å². The molecule has 3 heterocycles. The molecule has 3 aromatic rings. The van der Waals surface area contributed by atoms with Gasteiger partial charge in [-0.1, -0.05) is 52.0 Å². The lowest BCUT2D eigenvalue weighted by Gasteiger charge is -2.26. The number of aromatic amines is 1. The number of nitrogens with zero attached hydrogens (tertiary/aromatic N) is 3. The van der Waals surface area contributed by atoms with Gasteiger partial charge in [0.05, 0.1) is 11.7 Å². The zero-order chi connectivity index (χ0) is 23.1. The Morgan fingerprint density at radius 2 is 1.91 bits per heavy atom. The number of allylic oxidation sites excluding steroid dienone is 1. The monoisotopic (exact) mass is 434 g/mol. The second-order valence-electron chi connectivity index (χ2n) is 8.58. The normalized spacial score (nSPS) is 14.1. The van der Waals surface area contributed by atoms with Gasteiger partial charge in [0.2, 0.25) is 0 Å². The van der Waals surface area contributed by atoms with Gasteiger partial charge in [-0.25, -0.2) is 9.97 Å². The minimum absolute atomic E-state index is 0.534. The Bertz CT molecular complexity index is 1060. The summed E-state index contributed by atoms with van der Waals surface area (Å²) in [5.74, 6) is 2.64. The van der Waals surface area contributed by atoms with E-state index in [-0.39, 0.29) is 0 Å². The van der Waals surface area contributed by atoms with E-state index >= 15 is 0 Å². The van der Waals surface area contributed by atoms with E-state index in [2.05, 4.69) is 40.2 Å². The Balaban J connectivity index is 0.000000427. The van der Waals surface area contributed by atoms with E-state index in [1.165, 1.54) is 50.5 Å². The number of hydrogen-bond acceptors (Lipinski definition) is 5. The molecular formula is C26H38N6. The molecule has 1 aliphatic carbocycles. The lowest BCUT2D eigenvalue weighted by atomic mass is 9.79. The van der Waals surface area contributed by atoms with E-state index in [4.69, 9.17) is 10.7 Å². The summed E-state index contributed by atoms with van der Waals surface area (Å²) in [4.78, 5) is 17.2. The summed E-state index contributed by atoms with van der Waals surface area (Å²) >= 11 is 0. The van der Waals surface area contributed by atoms with Gasteiger partial charge in [0, 0.05) is 35.5 Å². The molecule has 1 aliphatic rings. The van der Waals surface area contributed by atoms with Crippen molar-refractivity contribution in [2.24, 2.45) is 0 Å². The first-order valence-corrected chi connectivity index (χ1v) is 12.0. The maximum absolute atomic E-state index is 6.39. The summed E-state index contributed by atoms with van der Waals surface area (Å²) in [6.45, 7) is 8.48. The molecule has 0 atom stereocenters. The van der Waals surface area contributed by atoms with Crippen molar-refractivity contribution in [3.05, 3.63) is 47.2 Å². The quantitative estimate of drug-likeness (QED) is 0.365. The van der Waals surface area contributed by atoms with Crippen LogP contribution in [0.4, 0.5) is 11.6 Å². The summed E-state index contributed by atoms with van der Waals surface area (Å²) in [5.41, 5.74) is 11.5. The number of pyridine rings is 1. The van der Waals surface area contributed by atoms with Crippen LogP contribution in [0.2, 0.25) is 0 Å². The lowest BCUT2D eigenvalue weighted by Crippen LogP contribution is -2.12. The molecule has 4 N–H and O–H groups in total. The molecule has 0 radical (unpaired) electrons. The van der Waals surface area contributed by atoms with E-state index in [9.17, 15) is 0 Å². The predicted octanol–water partition coefficient (Wildman–Crippen LogP) is 6.59. The van der Waals surface area contributed by atoms with Gasteiger partial charge < -0.3 is 16.0 Å². The Hall–Kier alpha value is -2.89. The van der Waals surface area contributed by atoms with Crippen LogP contribution in [0.1, 0.15) is 94.3 Å².